The van der Waals surface area contributed by atoms with E-state index in [0.717, 1.165) is 0 Å². The highest BCUT2D eigenvalue weighted by Gasteiger charge is 2.49. The van der Waals surface area contributed by atoms with Crippen LogP contribution in [0.4, 0.5) is 0 Å². The third kappa shape index (κ3) is 3.31. The number of esters is 2. The summed E-state index contributed by atoms with van der Waals surface area (Å²) in [6.07, 6.45) is 1.53. The summed E-state index contributed by atoms with van der Waals surface area (Å²) in [4.78, 5) is 34.8. The van der Waals surface area contributed by atoms with Gasteiger partial charge < -0.3 is 9.47 Å². The molecule has 0 aromatic heterocycles. The maximum Gasteiger partial charge on any atom is 0.320 e. The topological polar surface area (TPSA) is 69.7 Å². The lowest BCUT2D eigenvalue weighted by Crippen LogP contribution is -2.39. The van der Waals surface area contributed by atoms with Crippen LogP contribution < -0.4 is 0 Å². The van der Waals surface area contributed by atoms with Crippen LogP contribution in [0.1, 0.15) is 46.5 Å². The summed E-state index contributed by atoms with van der Waals surface area (Å²) in [7, 11) is 0. The molecule has 0 N–H and O–H groups in total. The van der Waals surface area contributed by atoms with Gasteiger partial charge in [0.15, 0.2) is 0 Å². The molecule has 1 unspecified atom stereocenters. The summed E-state index contributed by atoms with van der Waals surface area (Å²) in [5.74, 6) is -0.986. The van der Waals surface area contributed by atoms with Gasteiger partial charge in [0.25, 0.3) is 0 Å². The fourth-order valence-corrected chi connectivity index (χ4v) is 2.21. The molecule has 0 bridgehead atoms. The number of ether oxygens (including phenoxy) is 2. The van der Waals surface area contributed by atoms with Crippen molar-refractivity contribution in [1.82, 2.24) is 0 Å². The number of carbonyl (C=O) groups is 3. The van der Waals surface area contributed by atoms with Gasteiger partial charge in [0.2, 0.25) is 0 Å². The quantitative estimate of drug-likeness (QED) is 0.552. The number of ketones is 1. The third-order valence-electron chi connectivity index (χ3n) is 3.11. The molecule has 1 aliphatic rings. The Morgan fingerprint density at radius 3 is 2.50 bits per heavy atom. The monoisotopic (exact) mass is 256 g/mol. The van der Waals surface area contributed by atoms with Crippen molar-refractivity contribution in [2.75, 3.05) is 6.61 Å². The van der Waals surface area contributed by atoms with Gasteiger partial charge in [-0.2, -0.15) is 0 Å². The van der Waals surface area contributed by atoms with E-state index in [4.69, 9.17) is 9.47 Å². The minimum atomic E-state index is -1.10. The second-order valence-electron chi connectivity index (χ2n) is 4.90. The van der Waals surface area contributed by atoms with E-state index < -0.39 is 17.4 Å². The lowest BCUT2D eigenvalue weighted by atomic mass is 9.82. The molecule has 0 amide bonds. The SMILES string of the molecule is CC(=O)OCCC1(C(=O)OC(C)C)CCCC1=O. The van der Waals surface area contributed by atoms with Crippen molar-refractivity contribution in [2.45, 2.75) is 52.6 Å². The highest BCUT2D eigenvalue weighted by atomic mass is 16.5. The van der Waals surface area contributed by atoms with Crippen LogP contribution in [0.15, 0.2) is 0 Å². The van der Waals surface area contributed by atoms with Gasteiger partial charge in [0.1, 0.15) is 11.2 Å². The van der Waals surface area contributed by atoms with Crippen LogP contribution in [0.25, 0.3) is 0 Å². The molecular formula is C13H20O5. The normalized spacial score (nSPS) is 23.2. The van der Waals surface area contributed by atoms with Crippen LogP contribution >= 0.6 is 0 Å². The van der Waals surface area contributed by atoms with Crippen LogP contribution in [0, 0.1) is 5.41 Å². The highest BCUT2D eigenvalue weighted by Crippen LogP contribution is 2.39. The van der Waals surface area contributed by atoms with Gasteiger partial charge in [-0.3, -0.25) is 14.4 Å². The minimum absolute atomic E-state index is 0.0776. The number of Topliss-reactive ketones (excluding diaryl/α,β-unsaturated/α-hetero) is 1. The molecule has 1 fully saturated rings. The summed E-state index contributed by atoms with van der Waals surface area (Å²) in [5, 5.41) is 0. The van der Waals surface area contributed by atoms with Crippen molar-refractivity contribution in [3.8, 4) is 0 Å². The molecule has 0 heterocycles. The molecule has 5 nitrogen and oxygen atoms in total. The van der Waals surface area contributed by atoms with Gasteiger partial charge in [0, 0.05) is 19.8 Å². The highest BCUT2D eigenvalue weighted by molar-refractivity contribution is 6.05. The number of rotatable bonds is 5. The average molecular weight is 256 g/mol. The van der Waals surface area contributed by atoms with E-state index in [1.165, 1.54) is 6.92 Å². The van der Waals surface area contributed by atoms with Crippen molar-refractivity contribution in [3.05, 3.63) is 0 Å². The minimum Gasteiger partial charge on any atom is -0.466 e. The first kappa shape index (κ1) is 14.7. The van der Waals surface area contributed by atoms with Crippen molar-refractivity contribution >= 4 is 17.7 Å². The van der Waals surface area contributed by atoms with E-state index >= 15 is 0 Å². The molecule has 0 spiro atoms. The number of hydrogen-bond acceptors (Lipinski definition) is 5. The van der Waals surface area contributed by atoms with Gasteiger partial charge in [0.05, 0.1) is 12.7 Å². The molecule has 1 saturated carbocycles. The molecule has 0 aromatic rings. The zero-order valence-corrected chi connectivity index (χ0v) is 11.2. The Balaban J connectivity index is 2.73. The van der Waals surface area contributed by atoms with E-state index in [-0.39, 0.29) is 24.9 Å². The second-order valence-corrected chi connectivity index (χ2v) is 4.90. The molecule has 0 aliphatic heterocycles. The van der Waals surface area contributed by atoms with Gasteiger partial charge in [-0.15, -0.1) is 0 Å². The molecule has 0 saturated heterocycles. The lowest BCUT2D eigenvalue weighted by Gasteiger charge is -2.25. The van der Waals surface area contributed by atoms with E-state index in [1.54, 1.807) is 13.8 Å². The predicted molar refractivity (Wildman–Crippen MR) is 63.8 cm³/mol. The molecule has 102 valence electrons. The Labute approximate surface area is 107 Å². The fraction of sp³-hybridized carbons (Fsp3) is 0.769. The molecule has 5 heteroatoms. The fourth-order valence-electron chi connectivity index (χ4n) is 2.21. The van der Waals surface area contributed by atoms with E-state index in [0.29, 0.717) is 19.3 Å². The first-order chi connectivity index (χ1) is 8.38. The van der Waals surface area contributed by atoms with Gasteiger partial charge >= 0.3 is 11.9 Å². The summed E-state index contributed by atoms with van der Waals surface area (Å²) >= 11 is 0. The van der Waals surface area contributed by atoms with Crippen LogP contribution in [0.3, 0.4) is 0 Å². The van der Waals surface area contributed by atoms with Crippen LogP contribution in [0.2, 0.25) is 0 Å². The molecule has 1 aliphatic carbocycles. The lowest BCUT2D eigenvalue weighted by molar-refractivity contribution is -0.165. The Morgan fingerprint density at radius 2 is 2.06 bits per heavy atom. The third-order valence-corrected chi connectivity index (χ3v) is 3.11. The van der Waals surface area contributed by atoms with Gasteiger partial charge in [-0.1, -0.05) is 0 Å². The van der Waals surface area contributed by atoms with Crippen LogP contribution in [0.5, 0.6) is 0 Å². The summed E-state index contributed by atoms with van der Waals surface area (Å²) < 4.78 is 10.00. The Kier molecular flexibility index (Phi) is 4.87. The van der Waals surface area contributed by atoms with Gasteiger partial charge in [-0.25, -0.2) is 0 Å². The largest absolute Gasteiger partial charge is 0.466 e. The Hall–Kier alpha value is -1.39. The van der Waals surface area contributed by atoms with Crippen molar-refractivity contribution in [2.24, 2.45) is 5.41 Å². The standard InChI is InChI=1S/C13H20O5/c1-9(2)18-12(16)13(6-4-5-11(13)15)7-8-17-10(3)14/h9H,4-8H2,1-3H3. The molecule has 0 aromatic carbocycles. The zero-order chi connectivity index (χ0) is 13.8. The van der Waals surface area contributed by atoms with Gasteiger partial charge in [-0.05, 0) is 26.7 Å². The summed E-state index contributed by atoms with van der Waals surface area (Å²) in [6.45, 7) is 4.87. The zero-order valence-electron chi connectivity index (χ0n) is 11.2. The maximum atomic E-state index is 12.1. The van der Waals surface area contributed by atoms with Crippen molar-refractivity contribution in [3.63, 3.8) is 0 Å². The van der Waals surface area contributed by atoms with E-state index in [2.05, 4.69) is 0 Å². The van der Waals surface area contributed by atoms with E-state index in [1.807, 2.05) is 0 Å². The predicted octanol–water partition coefficient (Wildman–Crippen LogP) is 1.63. The second kappa shape index (κ2) is 5.98. The number of hydrogen-bond donors (Lipinski definition) is 0. The van der Waals surface area contributed by atoms with E-state index in [9.17, 15) is 14.4 Å². The molecular weight excluding hydrogens is 236 g/mol. The average Bonchev–Trinajstić information content (AvgIpc) is 2.60. The maximum absolute atomic E-state index is 12.1. The van der Waals surface area contributed by atoms with Crippen molar-refractivity contribution < 1.29 is 23.9 Å². The summed E-state index contributed by atoms with van der Waals surface area (Å²) in [6, 6.07) is 0. The Morgan fingerprint density at radius 1 is 1.39 bits per heavy atom. The number of carbonyl (C=O) groups excluding carboxylic acids is 3. The summed E-state index contributed by atoms with van der Waals surface area (Å²) in [5.41, 5.74) is -1.10. The first-order valence-corrected chi connectivity index (χ1v) is 6.26. The van der Waals surface area contributed by atoms with Crippen LogP contribution in [-0.4, -0.2) is 30.4 Å². The molecule has 1 rings (SSSR count). The molecule has 1 atom stereocenters. The molecule has 18 heavy (non-hydrogen) atoms. The van der Waals surface area contributed by atoms with Crippen LogP contribution in [-0.2, 0) is 23.9 Å². The van der Waals surface area contributed by atoms with Crippen molar-refractivity contribution in [1.29, 1.82) is 0 Å². The first-order valence-electron chi connectivity index (χ1n) is 6.26. The Bertz CT molecular complexity index is 347. The smallest absolute Gasteiger partial charge is 0.320 e. The molecule has 0 radical (unpaired) electrons.